The highest BCUT2D eigenvalue weighted by Gasteiger charge is 2.30. The van der Waals surface area contributed by atoms with Crippen LogP contribution in [0.5, 0.6) is 0 Å². The molecule has 3 heteroatoms. The van der Waals surface area contributed by atoms with Crippen molar-refractivity contribution in [3.05, 3.63) is 24.1 Å². The van der Waals surface area contributed by atoms with Gasteiger partial charge in [-0.1, -0.05) is 11.2 Å². The predicted molar refractivity (Wildman–Crippen MR) is 62.8 cm³/mol. The Bertz CT molecular complexity index is 354. The number of aromatic nitrogens is 1. The number of hydrogen-bond donors (Lipinski definition) is 0. The number of nitrogens with zero attached hydrogens (tertiary/aromatic N) is 2. The summed E-state index contributed by atoms with van der Waals surface area (Å²) in [5.74, 6) is 2.47. The van der Waals surface area contributed by atoms with Crippen molar-refractivity contribution in [3.63, 3.8) is 0 Å². The lowest BCUT2D eigenvalue weighted by atomic mass is 9.84. The minimum absolute atomic E-state index is 0.710. The Morgan fingerprint density at radius 2 is 2.38 bits per heavy atom. The van der Waals surface area contributed by atoms with Gasteiger partial charge < -0.3 is 9.42 Å². The van der Waals surface area contributed by atoms with Gasteiger partial charge >= 0.3 is 0 Å². The summed E-state index contributed by atoms with van der Waals surface area (Å²) in [6.07, 6.45) is 10.2. The average Bonchev–Trinajstić information content (AvgIpc) is 2.63. The molecule has 3 aliphatic rings. The Morgan fingerprint density at radius 1 is 1.38 bits per heavy atom. The van der Waals surface area contributed by atoms with Crippen molar-refractivity contribution < 1.29 is 4.52 Å². The first-order valence-corrected chi connectivity index (χ1v) is 6.23. The summed E-state index contributed by atoms with van der Waals surface area (Å²) < 4.78 is 5.09. The molecule has 4 rings (SSSR count). The molecule has 3 unspecified atom stereocenters. The van der Waals surface area contributed by atoms with Crippen LogP contribution in [0.4, 0.5) is 0 Å². The topological polar surface area (TPSA) is 29.3 Å². The zero-order chi connectivity index (χ0) is 10.8. The Labute approximate surface area is 96.1 Å². The van der Waals surface area contributed by atoms with Crippen molar-refractivity contribution in [2.24, 2.45) is 11.8 Å². The van der Waals surface area contributed by atoms with Crippen LogP contribution in [0.25, 0.3) is 6.08 Å². The van der Waals surface area contributed by atoms with Gasteiger partial charge in [-0.25, -0.2) is 0 Å². The van der Waals surface area contributed by atoms with Gasteiger partial charge in [0.05, 0.1) is 6.20 Å². The van der Waals surface area contributed by atoms with E-state index in [0.29, 0.717) is 5.92 Å². The van der Waals surface area contributed by atoms with E-state index in [0.717, 1.165) is 11.7 Å². The Balaban J connectivity index is 1.70. The largest absolute Gasteiger partial charge is 0.357 e. The molecular formula is C13H18N2O. The fourth-order valence-corrected chi connectivity index (χ4v) is 2.99. The molecule has 0 N–H and O–H groups in total. The van der Waals surface area contributed by atoms with E-state index in [4.69, 9.17) is 4.52 Å². The van der Waals surface area contributed by atoms with Gasteiger partial charge in [0, 0.05) is 12.6 Å². The van der Waals surface area contributed by atoms with Gasteiger partial charge in [-0.2, -0.15) is 0 Å². The summed E-state index contributed by atoms with van der Waals surface area (Å²) in [5, 5.41) is 3.72. The molecule has 1 aromatic heterocycles. The molecule has 86 valence electrons. The van der Waals surface area contributed by atoms with E-state index in [1.807, 2.05) is 6.07 Å². The first-order valence-electron chi connectivity index (χ1n) is 6.23. The minimum Gasteiger partial charge on any atom is -0.357 e. The van der Waals surface area contributed by atoms with Crippen molar-refractivity contribution in [2.75, 3.05) is 19.6 Å². The number of fused-ring (bicyclic) bond motifs is 4. The van der Waals surface area contributed by atoms with Gasteiger partial charge in [0.25, 0.3) is 0 Å². The summed E-state index contributed by atoms with van der Waals surface area (Å²) in [7, 11) is 0. The zero-order valence-corrected chi connectivity index (χ0v) is 9.51. The zero-order valence-electron chi connectivity index (χ0n) is 9.51. The van der Waals surface area contributed by atoms with Crippen molar-refractivity contribution in [1.29, 1.82) is 0 Å². The van der Waals surface area contributed by atoms with E-state index < -0.39 is 0 Å². The third-order valence-corrected chi connectivity index (χ3v) is 3.91. The van der Waals surface area contributed by atoms with Gasteiger partial charge in [0.15, 0.2) is 5.76 Å². The normalized spacial score (nSPS) is 34.4. The van der Waals surface area contributed by atoms with Gasteiger partial charge in [0.1, 0.15) is 0 Å². The lowest BCUT2D eigenvalue weighted by Crippen LogP contribution is -2.36. The first-order chi connectivity index (χ1) is 7.92. The minimum atomic E-state index is 0.710. The highest BCUT2D eigenvalue weighted by molar-refractivity contribution is 5.42. The summed E-state index contributed by atoms with van der Waals surface area (Å²) in [4.78, 5) is 2.60. The molecule has 0 aromatic carbocycles. The highest BCUT2D eigenvalue weighted by Crippen LogP contribution is 2.32. The Morgan fingerprint density at radius 3 is 3.25 bits per heavy atom. The van der Waals surface area contributed by atoms with Crippen LogP contribution < -0.4 is 0 Å². The SMILES string of the molecule is C(=CC1CN2CCCC1CC2)c1ccno1. The molecule has 0 amide bonds. The summed E-state index contributed by atoms with van der Waals surface area (Å²) in [5.41, 5.74) is 0. The fraction of sp³-hybridized carbons (Fsp3) is 0.615. The molecule has 2 bridgehead atoms. The molecule has 0 saturated carbocycles. The maximum Gasteiger partial charge on any atom is 0.159 e. The van der Waals surface area contributed by atoms with Crippen molar-refractivity contribution >= 4 is 6.08 Å². The second-order valence-electron chi connectivity index (χ2n) is 4.93. The lowest BCUT2D eigenvalue weighted by Gasteiger charge is -2.32. The van der Waals surface area contributed by atoms with E-state index >= 15 is 0 Å². The average molecular weight is 218 g/mol. The molecule has 3 nitrogen and oxygen atoms in total. The lowest BCUT2D eigenvalue weighted by molar-refractivity contribution is 0.182. The van der Waals surface area contributed by atoms with Crippen molar-refractivity contribution in [3.8, 4) is 0 Å². The van der Waals surface area contributed by atoms with Crippen LogP contribution in [-0.4, -0.2) is 29.7 Å². The van der Waals surface area contributed by atoms with Crippen LogP contribution in [0.2, 0.25) is 0 Å². The predicted octanol–water partition coefficient (Wildman–Crippen LogP) is 2.42. The van der Waals surface area contributed by atoms with Gasteiger partial charge in [0.2, 0.25) is 0 Å². The summed E-state index contributed by atoms with van der Waals surface area (Å²) >= 11 is 0. The van der Waals surface area contributed by atoms with Crippen LogP contribution in [0.1, 0.15) is 25.0 Å². The maximum atomic E-state index is 5.09. The van der Waals surface area contributed by atoms with Gasteiger partial charge in [-0.3, -0.25) is 0 Å². The fourth-order valence-electron chi connectivity index (χ4n) is 2.99. The van der Waals surface area contributed by atoms with Crippen LogP contribution in [0.3, 0.4) is 0 Å². The first kappa shape index (κ1) is 10.1. The second-order valence-corrected chi connectivity index (χ2v) is 4.93. The smallest absolute Gasteiger partial charge is 0.159 e. The molecule has 0 radical (unpaired) electrons. The molecule has 4 heterocycles. The molecular weight excluding hydrogens is 200 g/mol. The molecule has 16 heavy (non-hydrogen) atoms. The van der Waals surface area contributed by atoms with Crippen molar-refractivity contribution in [1.82, 2.24) is 10.1 Å². The monoisotopic (exact) mass is 218 g/mol. The molecule has 3 atom stereocenters. The molecule has 3 saturated heterocycles. The molecule has 0 aliphatic carbocycles. The molecule has 3 aliphatic heterocycles. The van der Waals surface area contributed by atoms with E-state index in [1.165, 1.54) is 38.9 Å². The van der Waals surface area contributed by atoms with E-state index in [-0.39, 0.29) is 0 Å². The van der Waals surface area contributed by atoms with Crippen LogP contribution in [0.15, 0.2) is 22.9 Å². The molecule has 3 fully saturated rings. The van der Waals surface area contributed by atoms with Gasteiger partial charge in [-0.15, -0.1) is 0 Å². The highest BCUT2D eigenvalue weighted by atomic mass is 16.5. The van der Waals surface area contributed by atoms with Crippen LogP contribution >= 0.6 is 0 Å². The Hall–Kier alpha value is -1.09. The van der Waals surface area contributed by atoms with Crippen LogP contribution in [0, 0.1) is 11.8 Å². The van der Waals surface area contributed by atoms with Gasteiger partial charge in [-0.05, 0) is 50.3 Å². The Kier molecular flexibility index (Phi) is 2.79. The van der Waals surface area contributed by atoms with Crippen LogP contribution in [-0.2, 0) is 0 Å². The third-order valence-electron chi connectivity index (χ3n) is 3.91. The third kappa shape index (κ3) is 2.05. The molecule has 1 aromatic rings. The number of rotatable bonds is 2. The van der Waals surface area contributed by atoms with E-state index in [1.54, 1.807) is 6.20 Å². The maximum absolute atomic E-state index is 5.09. The molecule has 0 spiro atoms. The van der Waals surface area contributed by atoms with Crippen molar-refractivity contribution in [2.45, 2.75) is 19.3 Å². The van der Waals surface area contributed by atoms with E-state index in [9.17, 15) is 0 Å². The second kappa shape index (κ2) is 4.42. The number of hydrogen-bond acceptors (Lipinski definition) is 3. The quantitative estimate of drug-likeness (QED) is 0.763. The number of piperidine rings is 1. The summed E-state index contributed by atoms with van der Waals surface area (Å²) in [6.45, 7) is 3.83. The summed E-state index contributed by atoms with van der Waals surface area (Å²) in [6, 6.07) is 1.91. The standard InChI is InChI=1S/C13H18N2O/c1-2-11-6-9-15(8-1)10-12(11)3-4-13-5-7-14-16-13/h3-5,7,11-12H,1-2,6,8-10H2. The van der Waals surface area contributed by atoms with E-state index in [2.05, 4.69) is 22.2 Å².